The van der Waals surface area contributed by atoms with E-state index in [-0.39, 0.29) is 10.8 Å². The Morgan fingerprint density at radius 2 is 0.438 bits per heavy atom. The van der Waals surface area contributed by atoms with Crippen molar-refractivity contribution < 1.29 is 0 Å². The normalized spacial score (nSPS) is 14.6. The molecule has 0 aliphatic heterocycles. The Bertz CT molecular complexity index is 4780. The quantitative estimate of drug-likeness (QED) is 0.114. The highest BCUT2D eigenvalue weighted by Crippen LogP contribution is 2.60. The van der Waals surface area contributed by atoms with E-state index in [0.29, 0.717) is 0 Å². The summed E-state index contributed by atoms with van der Waals surface area (Å²) >= 11 is 0. The first kappa shape index (κ1) is 57.5. The molecule has 0 atom stereocenters. The summed E-state index contributed by atoms with van der Waals surface area (Å²) in [6.45, 7) is 0. The molecule has 14 aromatic carbocycles. The number of fused-ring (bicyclic) bond motifs is 12. The predicted octanol–water partition coefficient (Wildman–Crippen LogP) is 26.0. The molecule has 4 nitrogen and oxygen atoms in total. The summed E-state index contributed by atoms with van der Waals surface area (Å²) in [5.41, 5.74) is 27.4. The van der Waals surface area contributed by atoms with Crippen molar-refractivity contribution in [3.63, 3.8) is 0 Å². The molecule has 0 heterocycles. The maximum Gasteiger partial charge on any atom is 0.0540 e. The monoisotopic (exact) mass is 1230 g/mol. The first-order chi connectivity index (χ1) is 47.6. The van der Waals surface area contributed by atoms with Crippen LogP contribution in [-0.2, 0) is 10.8 Å². The maximum atomic E-state index is 2.57. The molecule has 4 aliphatic rings. The second-order valence-electron chi connectivity index (χ2n) is 26.9. The SMILES string of the molecule is c1ccc(N(c2ccccc2)c2ccc(N(c3ccc4c(c3)C3(CCCCC3)c3ccccc3-4)c3ccc(-c4ccc(N(c5ccc(N(c6ccccc6)c6ccccc6)cc5)c5ccc6c(c5)C5(CCCCC5)c5ccccc5-6)c5ccccc45)c4ccccc34)cc2)cc1. The van der Waals surface area contributed by atoms with Gasteiger partial charge >= 0.3 is 0 Å². The molecule has 2 spiro atoms. The molecule has 0 bridgehead atoms. The van der Waals surface area contributed by atoms with Gasteiger partial charge in [0.2, 0.25) is 0 Å². The van der Waals surface area contributed by atoms with E-state index in [4.69, 9.17) is 0 Å². The minimum absolute atomic E-state index is 0.00432. The second kappa shape index (κ2) is 24.0. The first-order valence-electron chi connectivity index (χ1n) is 34.7. The van der Waals surface area contributed by atoms with Gasteiger partial charge in [-0.05, 0) is 226 Å². The highest BCUT2D eigenvalue weighted by Gasteiger charge is 2.45. The van der Waals surface area contributed by atoms with Crippen LogP contribution in [0.4, 0.5) is 68.2 Å². The van der Waals surface area contributed by atoms with Crippen molar-refractivity contribution in [2.45, 2.75) is 75.0 Å². The average molecular weight is 1240 g/mol. The third kappa shape index (κ3) is 9.55. The molecule has 0 amide bonds. The number of hydrogen-bond acceptors (Lipinski definition) is 4. The van der Waals surface area contributed by atoms with E-state index in [2.05, 4.69) is 347 Å². The van der Waals surface area contributed by atoms with Gasteiger partial charge in [0, 0.05) is 78.5 Å². The Labute approximate surface area is 564 Å². The minimum Gasteiger partial charge on any atom is -0.311 e. The van der Waals surface area contributed by atoms with Crippen LogP contribution in [0.3, 0.4) is 0 Å². The summed E-state index contributed by atoms with van der Waals surface area (Å²) in [5, 5.41) is 4.79. The van der Waals surface area contributed by atoms with Gasteiger partial charge in [0.15, 0.2) is 0 Å². The molecule has 0 aromatic heterocycles. The summed E-state index contributed by atoms with van der Waals surface area (Å²) < 4.78 is 0. The molecule has 4 aliphatic carbocycles. The van der Waals surface area contributed by atoms with Crippen LogP contribution in [0.5, 0.6) is 0 Å². The van der Waals surface area contributed by atoms with E-state index < -0.39 is 0 Å². The average Bonchev–Trinajstić information content (AvgIpc) is 1.51. The van der Waals surface area contributed by atoms with E-state index in [0.717, 1.165) is 56.9 Å². The number of rotatable bonds is 13. The van der Waals surface area contributed by atoms with Crippen LogP contribution in [0, 0.1) is 0 Å². The molecule has 2 fully saturated rings. The van der Waals surface area contributed by atoms with Crippen molar-refractivity contribution in [1.29, 1.82) is 0 Å². The largest absolute Gasteiger partial charge is 0.311 e. The van der Waals surface area contributed by atoms with Gasteiger partial charge in [-0.15, -0.1) is 0 Å². The van der Waals surface area contributed by atoms with E-state index >= 15 is 0 Å². The molecule has 18 rings (SSSR count). The third-order valence-electron chi connectivity index (χ3n) is 21.8. The van der Waals surface area contributed by atoms with Crippen molar-refractivity contribution in [3.8, 4) is 33.4 Å². The van der Waals surface area contributed by atoms with Crippen molar-refractivity contribution in [2.75, 3.05) is 19.6 Å². The van der Waals surface area contributed by atoms with Gasteiger partial charge in [-0.25, -0.2) is 0 Å². The number of anilines is 12. The van der Waals surface area contributed by atoms with E-state index in [1.54, 1.807) is 0 Å². The minimum atomic E-state index is -0.00432. The molecule has 2 saturated carbocycles. The van der Waals surface area contributed by atoms with Crippen LogP contribution < -0.4 is 19.6 Å². The van der Waals surface area contributed by atoms with Crippen LogP contribution in [-0.4, -0.2) is 0 Å². The predicted molar refractivity (Wildman–Crippen MR) is 404 cm³/mol. The Morgan fingerprint density at radius 3 is 0.792 bits per heavy atom. The standard InChI is InChI=1S/C92H74N4/c1-7-27-65(28-8-1)93(66-29-9-2-10-30-66)69-43-47-71(48-44-69)95(73-51-53-81-79-37-19-21-41-85(79)91(87(81)63-73)59-23-5-24-60-91)89-57-55-77(75-35-15-17-39-83(75)89)78-56-58-90(84-40-18-16-36-76(78)84)96(72-49-45-70(46-50-72)94(67-31-11-3-12-32-67)68-33-13-4-14-34-68)74-52-54-82-80-38-20-22-42-86(80)92(88(82)64-74)61-25-6-26-62-92/h1-4,7-22,27-58,63-64H,5-6,23-26,59-62H2. The van der Waals surface area contributed by atoms with Crippen molar-refractivity contribution in [1.82, 2.24) is 0 Å². The van der Waals surface area contributed by atoms with Crippen LogP contribution in [0.15, 0.2) is 328 Å². The zero-order valence-electron chi connectivity index (χ0n) is 54.0. The molecular weight excluding hydrogens is 1160 g/mol. The van der Waals surface area contributed by atoms with Gasteiger partial charge < -0.3 is 19.6 Å². The Kier molecular flexibility index (Phi) is 14.4. The first-order valence-corrected chi connectivity index (χ1v) is 34.7. The lowest BCUT2D eigenvalue weighted by Crippen LogP contribution is -2.28. The fraction of sp³-hybridized carbons (Fsp3) is 0.130. The van der Waals surface area contributed by atoms with Gasteiger partial charge in [0.25, 0.3) is 0 Å². The van der Waals surface area contributed by atoms with Gasteiger partial charge in [0.1, 0.15) is 0 Å². The van der Waals surface area contributed by atoms with Crippen molar-refractivity contribution in [3.05, 3.63) is 350 Å². The van der Waals surface area contributed by atoms with Crippen molar-refractivity contribution in [2.24, 2.45) is 0 Å². The lowest BCUT2D eigenvalue weighted by molar-refractivity contribution is 0.353. The Balaban J connectivity index is 0.794. The highest BCUT2D eigenvalue weighted by molar-refractivity contribution is 6.13. The van der Waals surface area contributed by atoms with Gasteiger partial charge in [-0.3, -0.25) is 0 Å². The number of para-hydroxylation sites is 4. The fourth-order valence-electron chi connectivity index (χ4n) is 17.5. The molecule has 96 heavy (non-hydrogen) atoms. The Hall–Kier alpha value is -11.2. The topological polar surface area (TPSA) is 13.0 Å². The maximum absolute atomic E-state index is 2.57. The zero-order valence-corrected chi connectivity index (χ0v) is 54.0. The highest BCUT2D eigenvalue weighted by atomic mass is 15.2. The lowest BCUT2D eigenvalue weighted by Gasteiger charge is -2.37. The second-order valence-corrected chi connectivity index (χ2v) is 26.9. The van der Waals surface area contributed by atoms with Crippen LogP contribution in [0.2, 0.25) is 0 Å². The fourth-order valence-corrected chi connectivity index (χ4v) is 17.5. The zero-order chi connectivity index (χ0) is 63.6. The number of nitrogens with zero attached hydrogens (tertiary/aromatic N) is 4. The van der Waals surface area contributed by atoms with Crippen LogP contribution >= 0.6 is 0 Å². The summed E-state index contributed by atoms with van der Waals surface area (Å²) in [5.74, 6) is 0. The van der Waals surface area contributed by atoms with E-state index in [9.17, 15) is 0 Å². The lowest BCUT2D eigenvalue weighted by atomic mass is 9.68. The van der Waals surface area contributed by atoms with E-state index in [1.165, 1.54) is 153 Å². The third-order valence-corrected chi connectivity index (χ3v) is 21.8. The molecule has 14 aromatic rings. The summed E-state index contributed by atoms with van der Waals surface area (Å²) in [6.07, 6.45) is 12.2. The molecule has 0 N–H and O–H groups in total. The molecule has 0 radical (unpaired) electrons. The Morgan fingerprint density at radius 1 is 0.177 bits per heavy atom. The van der Waals surface area contributed by atoms with Crippen LogP contribution in [0.1, 0.15) is 86.5 Å². The smallest absolute Gasteiger partial charge is 0.0540 e. The summed E-state index contributed by atoms with van der Waals surface area (Å²) in [4.78, 5) is 9.79. The molecule has 462 valence electrons. The molecule has 4 heteroatoms. The van der Waals surface area contributed by atoms with E-state index in [1.807, 2.05) is 0 Å². The van der Waals surface area contributed by atoms with Gasteiger partial charge in [-0.2, -0.15) is 0 Å². The molecule has 0 unspecified atom stereocenters. The van der Waals surface area contributed by atoms with Crippen LogP contribution in [0.25, 0.3) is 54.9 Å². The summed E-state index contributed by atoms with van der Waals surface area (Å²) in [6, 6.07) is 123. The number of hydrogen-bond donors (Lipinski definition) is 0. The molecular formula is C92H74N4. The van der Waals surface area contributed by atoms with Crippen molar-refractivity contribution >= 4 is 89.8 Å². The van der Waals surface area contributed by atoms with Gasteiger partial charge in [-0.1, -0.05) is 233 Å². The molecule has 0 saturated heterocycles. The number of benzene rings is 14. The van der Waals surface area contributed by atoms with Gasteiger partial charge in [0.05, 0.1) is 11.4 Å². The summed E-state index contributed by atoms with van der Waals surface area (Å²) in [7, 11) is 0.